The van der Waals surface area contributed by atoms with Gasteiger partial charge in [-0.05, 0) is 69.0 Å². The smallest absolute Gasteiger partial charge is 0.226 e. The highest BCUT2D eigenvalue weighted by atomic mass is 16.2. The Morgan fingerprint density at radius 3 is 2.61 bits per heavy atom. The van der Waals surface area contributed by atoms with Crippen molar-refractivity contribution < 1.29 is 4.79 Å². The van der Waals surface area contributed by atoms with Crippen LogP contribution in [-0.2, 0) is 11.3 Å². The second-order valence-electron chi connectivity index (χ2n) is 7.90. The summed E-state index contributed by atoms with van der Waals surface area (Å²) >= 11 is 0. The van der Waals surface area contributed by atoms with Crippen molar-refractivity contribution in [3.05, 3.63) is 35.9 Å². The van der Waals surface area contributed by atoms with E-state index in [1.54, 1.807) is 0 Å². The minimum Gasteiger partial charge on any atom is -0.335 e. The number of amides is 1. The van der Waals surface area contributed by atoms with Gasteiger partial charge in [0, 0.05) is 18.5 Å². The molecule has 1 aromatic rings. The van der Waals surface area contributed by atoms with Crippen LogP contribution in [0.3, 0.4) is 0 Å². The van der Waals surface area contributed by atoms with Gasteiger partial charge < -0.3 is 10.2 Å². The van der Waals surface area contributed by atoms with E-state index in [4.69, 9.17) is 0 Å². The summed E-state index contributed by atoms with van der Waals surface area (Å²) in [6, 6.07) is 10.9. The standard InChI is InChI=1S/C20H28N2O/c1-15(17-7-8-17)22(14-16-5-3-2-4-6-16)19(23)18-13-20(18)9-11-21-12-10-20/h2-6,15,17-18,21H,7-14H2,1H3. The van der Waals surface area contributed by atoms with Crippen LogP contribution < -0.4 is 5.32 Å². The molecule has 23 heavy (non-hydrogen) atoms. The molecule has 3 fully saturated rings. The van der Waals surface area contributed by atoms with Crippen LogP contribution >= 0.6 is 0 Å². The number of rotatable bonds is 5. The van der Waals surface area contributed by atoms with E-state index >= 15 is 0 Å². The zero-order chi connectivity index (χ0) is 15.9. The van der Waals surface area contributed by atoms with Crippen LogP contribution in [0.1, 0.15) is 44.6 Å². The van der Waals surface area contributed by atoms with Crippen LogP contribution in [0.5, 0.6) is 0 Å². The van der Waals surface area contributed by atoms with Crippen molar-refractivity contribution >= 4 is 5.91 Å². The van der Waals surface area contributed by atoms with Crippen molar-refractivity contribution in [1.29, 1.82) is 0 Å². The molecule has 0 aromatic heterocycles. The summed E-state index contributed by atoms with van der Waals surface area (Å²) in [7, 11) is 0. The van der Waals surface area contributed by atoms with E-state index in [0.29, 0.717) is 17.4 Å². The second kappa shape index (κ2) is 5.94. The zero-order valence-electron chi connectivity index (χ0n) is 14.1. The maximum absolute atomic E-state index is 13.3. The summed E-state index contributed by atoms with van der Waals surface area (Å²) in [5.41, 5.74) is 1.59. The maximum atomic E-state index is 13.3. The highest BCUT2D eigenvalue weighted by Gasteiger charge is 2.59. The van der Waals surface area contributed by atoms with Crippen LogP contribution in [0, 0.1) is 17.3 Å². The van der Waals surface area contributed by atoms with Gasteiger partial charge in [0.2, 0.25) is 5.91 Å². The van der Waals surface area contributed by atoms with Gasteiger partial charge in [0.25, 0.3) is 0 Å². The topological polar surface area (TPSA) is 32.3 Å². The van der Waals surface area contributed by atoms with Gasteiger partial charge >= 0.3 is 0 Å². The fourth-order valence-corrected chi connectivity index (χ4v) is 4.41. The minimum atomic E-state index is 0.287. The Labute approximate surface area is 139 Å². The second-order valence-corrected chi connectivity index (χ2v) is 7.90. The predicted octanol–water partition coefficient (Wildman–Crippen LogP) is 3.20. The van der Waals surface area contributed by atoms with Crippen molar-refractivity contribution in [2.75, 3.05) is 13.1 Å². The largest absolute Gasteiger partial charge is 0.335 e. The lowest BCUT2D eigenvalue weighted by molar-refractivity contribution is -0.136. The van der Waals surface area contributed by atoms with E-state index in [0.717, 1.165) is 32.0 Å². The van der Waals surface area contributed by atoms with Crippen LogP contribution in [0.4, 0.5) is 0 Å². The first-order chi connectivity index (χ1) is 11.2. The first-order valence-corrected chi connectivity index (χ1v) is 9.25. The fraction of sp³-hybridized carbons (Fsp3) is 0.650. The van der Waals surface area contributed by atoms with E-state index in [1.807, 2.05) is 6.07 Å². The number of carbonyl (C=O) groups is 1. The number of carbonyl (C=O) groups excluding carboxylic acids is 1. The molecule has 3 aliphatic rings. The number of hydrogen-bond acceptors (Lipinski definition) is 2. The molecule has 1 aromatic carbocycles. The van der Waals surface area contributed by atoms with Gasteiger partial charge in [0.05, 0.1) is 0 Å². The number of benzene rings is 1. The van der Waals surface area contributed by atoms with E-state index in [2.05, 4.69) is 41.4 Å². The summed E-state index contributed by atoms with van der Waals surface area (Å²) in [4.78, 5) is 15.5. The van der Waals surface area contributed by atoms with E-state index in [-0.39, 0.29) is 5.92 Å². The molecule has 2 atom stereocenters. The molecule has 2 saturated carbocycles. The Balaban J connectivity index is 1.49. The predicted molar refractivity (Wildman–Crippen MR) is 91.8 cm³/mol. The molecule has 124 valence electrons. The lowest BCUT2D eigenvalue weighted by Gasteiger charge is -2.32. The molecule has 1 N–H and O–H groups in total. The Bertz CT molecular complexity index is 560. The van der Waals surface area contributed by atoms with Crippen LogP contribution in [0.2, 0.25) is 0 Å². The first kappa shape index (κ1) is 15.2. The molecule has 2 unspecified atom stereocenters. The molecule has 1 amide bonds. The third-order valence-electron chi connectivity index (χ3n) is 6.36. The zero-order valence-corrected chi connectivity index (χ0v) is 14.1. The molecular formula is C20H28N2O. The highest BCUT2D eigenvalue weighted by Crippen LogP contribution is 2.59. The molecule has 1 aliphatic heterocycles. The van der Waals surface area contributed by atoms with Crippen molar-refractivity contribution in [3.63, 3.8) is 0 Å². The highest BCUT2D eigenvalue weighted by molar-refractivity contribution is 5.83. The van der Waals surface area contributed by atoms with E-state index in [9.17, 15) is 4.79 Å². The van der Waals surface area contributed by atoms with E-state index < -0.39 is 0 Å². The van der Waals surface area contributed by atoms with Crippen LogP contribution in [0.25, 0.3) is 0 Å². The van der Waals surface area contributed by atoms with Crippen molar-refractivity contribution in [3.8, 4) is 0 Å². The summed E-state index contributed by atoms with van der Waals surface area (Å²) in [5.74, 6) is 1.44. The van der Waals surface area contributed by atoms with Gasteiger partial charge in [-0.15, -0.1) is 0 Å². The Morgan fingerprint density at radius 1 is 1.26 bits per heavy atom. The lowest BCUT2D eigenvalue weighted by Crippen LogP contribution is -2.42. The lowest BCUT2D eigenvalue weighted by atomic mass is 9.91. The molecule has 3 nitrogen and oxygen atoms in total. The monoisotopic (exact) mass is 312 g/mol. The van der Waals surface area contributed by atoms with E-state index in [1.165, 1.54) is 31.2 Å². The molecule has 1 spiro atoms. The summed E-state index contributed by atoms with van der Waals surface area (Å²) in [6.45, 7) is 5.21. The molecule has 0 bridgehead atoms. The average molecular weight is 312 g/mol. The van der Waals surface area contributed by atoms with Crippen molar-refractivity contribution in [2.24, 2.45) is 17.3 Å². The maximum Gasteiger partial charge on any atom is 0.226 e. The average Bonchev–Trinajstić information content (AvgIpc) is 3.50. The van der Waals surface area contributed by atoms with Crippen LogP contribution in [-0.4, -0.2) is 29.9 Å². The molecule has 1 saturated heterocycles. The van der Waals surface area contributed by atoms with Gasteiger partial charge in [0.1, 0.15) is 0 Å². The Morgan fingerprint density at radius 2 is 1.96 bits per heavy atom. The molecule has 1 heterocycles. The molecule has 3 heteroatoms. The molecule has 0 radical (unpaired) electrons. The summed E-state index contributed by atoms with van der Waals surface area (Å²) in [6.07, 6.45) is 6.07. The molecule has 2 aliphatic carbocycles. The number of nitrogens with zero attached hydrogens (tertiary/aromatic N) is 1. The quantitative estimate of drug-likeness (QED) is 0.905. The number of nitrogens with one attached hydrogen (secondary N) is 1. The summed E-state index contributed by atoms with van der Waals surface area (Å²) in [5, 5.41) is 3.43. The Kier molecular flexibility index (Phi) is 3.92. The Hall–Kier alpha value is -1.35. The van der Waals surface area contributed by atoms with Gasteiger partial charge in [-0.3, -0.25) is 4.79 Å². The number of hydrogen-bond donors (Lipinski definition) is 1. The number of piperidine rings is 1. The fourth-order valence-electron chi connectivity index (χ4n) is 4.41. The van der Waals surface area contributed by atoms with Gasteiger partial charge in [-0.2, -0.15) is 0 Å². The SMILES string of the molecule is CC(C1CC1)N(Cc1ccccc1)C(=O)C1CC12CCNCC2. The third kappa shape index (κ3) is 3.03. The normalized spacial score (nSPS) is 26.7. The summed E-state index contributed by atoms with van der Waals surface area (Å²) < 4.78 is 0. The third-order valence-corrected chi connectivity index (χ3v) is 6.36. The van der Waals surface area contributed by atoms with Crippen molar-refractivity contribution in [1.82, 2.24) is 10.2 Å². The van der Waals surface area contributed by atoms with Gasteiger partial charge in [-0.1, -0.05) is 30.3 Å². The molecule has 4 rings (SSSR count). The minimum absolute atomic E-state index is 0.287. The van der Waals surface area contributed by atoms with Gasteiger partial charge in [0.15, 0.2) is 0 Å². The molecular weight excluding hydrogens is 284 g/mol. The van der Waals surface area contributed by atoms with Crippen molar-refractivity contribution in [2.45, 2.75) is 51.6 Å². The van der Waals surface area contributed by atoms with Gasteiger partial charge in [-0.25, -0.2) is 0 Å². The first-order valence-electron chi connectivity index (χ1n) is 9.25. The van der Waals surface area contributed by atoms with Crippen LogP contribution in [0.15, 0.2) is 30.3 Å².